The summed E-state index contributed by atoms with van der Waals surface area (Å²) in [5, 5.41) is 9.62. The number of hydrogen-bond donors (Lipinski definition) is 2. The first-order chi connectivity index (χ1) is 12.6. The molecule has 2 heterocycles. The van der Waals surface area contributed by atoms with Crippen LogP contribution in [0.2, 0.25) is 0 Å². The van der Waals surface area contributed by atoms with Gasteiger partial charge in [-0.15, -0.1) is 0 Å². The maximum absolute atomic E-state index is 12.2. The van der Waals surface area contributed by atoms with Crippen molar-refractivity contribution in [3.8, 4) is 0 Å². The summed E-state index contributed by atoms with van der Waals surface area (Å²) in [5.41, 5.74) is 2.87. The van der Waals surface area contributed by atoms with Crippen LogP contribution in [0.15, 0.2) is 29.4 Å². The Balaban J connectivity index is 1.35. The fraction of sp³-hybridized carbons (Fsp3) is 0.526. The Bertz CT molecular complexity index is 683. The van der Waals surface area contributed by atoms with Gasteiger partial charge in [-0.05, 0) is 25.3 Å². The van der Waals surface area contributed by atoms with Gasteiger partial charge in [-0.1, -0.05) is 29.4 Å². The number of ether oxygens (including phenoxy) is 1. The van der Waals surface area contributed by atoms with Crippen LogP contribution in [-0.2, 0) is 19.2 Å². The number of oxime groups is 1. The van der Waals surface area contributed by atoms with Crippen molar-refractivity contribution in [2.75, 3.05) is 19.7 Å². The Kier molecular flexibility index (Phi) is 6.22. The summed E-state index contributed by atoms with van der Waals surface area (Å²) in [6.45, 7) is 3.58. The second-order valence-electron chi connectivity index (χ2n) is 6.63. The molecule has 0 radical (unpaired) electrons. The van der Waals surface area contributed by atoms with E-state index in [1.807, 2.05) is 31.2 Å². The number of rotatable bonds is 7. The van der Waals surface area contributed by atoms with Crippen molar-refractivity contribution in [3.63, 3.8) is 0 Å². The van der Waals surface area contributed by atoms with Crippen LogP contribution in [0.3, 0.4) is 0 Å². The van der Waals surface area contributed by atoms with Gasteiger partial charge in [0.2, 0.25) is 12.0 Å². The standard InChI is InChI=1S/C19H25N3O4/c1-13-5-2-3-7-15(13)16-11-17(26-22-16)19(24)20-9-8-18(23)21-12-14-6-4-10-25-14/h2-3,5,7,14,17H,4,6,8-12H2,1H3,(H,20,24)(H,21,23)/t14-,17-/m0/s1. The maximum Gasteiger partial charge on any atom is 0.264 e. The molecule has 0 aromatic heterocycles. The van der Waals surface area contributed by atoms with E-state index >= 15 is 0 Å². The molecule has 0 unspecified atom stereocenters. The van der Waals surface area contributed by atoms with E-state index in [9.17, 15) is 9.59 Å². The van der Waals surface area contributed by atoms with Gasteiger partial charge < -0.3 is 20.2 Å². The molecule has 2 amide bonds. The number of hydrogen-bond acceptors (Lipinski definition) is 5. The minimum atomic E-state index is -0.639. The highest BCUT2D eigenvalue weighted by Gasteiger charge is 2.29. The Morgan fingerprint density at radius 2 is 2.12 bits per heavy atom. The van der Waals surface area contributed by atoms with Crippen molar-refractivity contribution in [2.45, 2.75) is 44.8 Å². The third-order valence-electron chi connectivity index (χ3n) is 4.62. The quantitative estimate of drug-likeness (QED) is 0.768. The molecule has 7 nitrogen and oxygen atoms in total. The summed E-state index contributed by atoms with van der Waals surface area (Å²) in [4.78, 5) is 29.3. The maximum atomic E-state index is 12.2. The fourth-order valence-electron chi connectivity index (χ4n) is 3.11. The second-order valence-corrected chi connectivity index (χ2v) is 6.63. The molecule has 2 atom stereocenters. The predicted molar refractivity (Wildman–Crippen MR) is 96.8 cm³/mol. The molecule has 7 heteroatoms. The third kappa shape index (κ3) is 4.82. The van der Waals surface area contributed by atoms with E-state index in [1.54, 1.807) is 0 Å². The summed E-state index contributed by atoms with van der Waals surface area (Å²) >= 11 is 0. The molecule has 140 valence electrons. The van der Waals surface area contributed by atoms with Crippen LogP contribution < -0.4 is 10.6 Å². The Hall–Kier alpha value is -2.41. The Morgan fingerprint density at radius 1 is 1.27 bits per heavy atom. The van der Waals surface area contributed by atoms with Crippen LogP contribution in [0.4, 0.5) is 0 Å². The lowest BCUT2D eigenvalue weighted by Gasteiger charge is -2.12. The van der Waals surface area contributed by atoms with Gasteiger partial charge in [-0.25, -0.2) is 0 Å². The lowest BCUT2D eigenvalue weighted by molar-refractivity contribution is -0.131. The van der Waals surface area contributed by atoms with Crippen LogP contribution in [-0.4, -0.2) is 49.4 Å². The highest BCUT2D eigenvalue weighted by atomic mass is 16.6. The van der Waals surface area contributed by atoms with E-state index in [0.717, 1.165) is 36.3 Å². The van der Waals surface area contributed by atoms with Crippen LogP contribution in [0, 0.1) is 6.92 Å². The second kappa shape index (κ2) is 8.80. The van der Waals surface area contributed by atoms with Crippen LogP contribution in [0.1, 0.15) is 36.8 Å². The van der Waals surface area contributed by atoms with Gasteiger partial charge in [0.05, 0.1) is 11.8 Å². The van der Waals surface area contributed by atoms with Crippen molar-refractivity contribution in [1.82, 2.24) is 10.6 Å². The van der Waals surface area contributed by atoms with Gasteiger partial charge in [-0.3, -0.25) is 9.59 Å². The summed E-state index contributed by atoms with van der Waals surface area (Å²) in [6.07, 6.45) is 2.18. The molecular weight excluding hydrogens is 334 g/mol. The van der Waals surface area contributed by atoms with Crippen molar-refractivity contribution in [2.24, 2.45) is 5.16 Å². The van der Waals surface area contributed by atoms with Crippen LogP contribution in [0.5, 0.6) is 0 Å². The number of nitrogens with zero attached hydrogens (tertiary/aromatic N) is 1. The Morgan fingerprint density at radius 3 is 2.88 bits per heavy atom. The topological polar surface area (TPSA) is 89.0 Å². The van der Waals surface area contributed by atoms with Gasteiger partial charge in [0.1, 0.15) is 0 Å². The van der Waals surface area contributed by atoms with E-state index in [-0.39, 0.29) is 30.9 Å². The average molecular weight is 359 g/mol. The lowest BCUT2D eigenvalue weighted by Crippen LogP contribution is -2.38. The highest BCUT2D eigenvalue weighted by molar-refractivity contribution is 6.05. The number of amides is 2. The minimum Gasteiger partial charge on any atom is -0.382 e. The van der Waals surface area contributed by atoms with Gasteiger partial charge in [0.15, 0.2) is 0 Å². The zero-order valence-corrected chi connectivity index (χ0v) is 15.0. The van der Waals surface area contributed by atoms with E-state index in [1.165, 1.54) is 0 Å². The molecule has 0 saturated carbocycles. The van der Waals surface area contributed by atoms with Gasteiger partial charge in [0.25, 0.3) is 5.91 Å². The lowest BCUT2D eigenvalue weighted by atomic mass is 10.0. The molecule has 2 aliphatic rings. The zero-order chi connectivity index (χ0) is 18.4. The van der Waals surface area contributed by atoms with Gasteiger partial charge in [0, 0.05) is 38.1 Å². The summed E-state index contributed by atoms with van der Waals surface area (Å²) in [6, 6.07) is 7.87. The molecule has 2 aliphatic heterocycles. The third-order valence-corrected chi connectivity index (χ3v) is 4.62. The van der Waals surface area contributed by atoms with Crippen LogP contribution >= 0.6 is 0 Å². The molecule has 1 saturated heterocycles. The largest absolute Gasteiger partial charge is 0.382 e. The van der Waals surface area contributed by atoms with E-state index in [4.69, 9.17) is 9.57 Å². The van der Waals surface area contributed by atoms with Crippen molar-refractivity contribution >= 4 is 17.5 Å². The normalized spacial score (nSPS) is 21.8. The van der Waals surface area contributed by atoms with E-state index in [0.29, 0.717) is 13.0 Å². The number of carbonyl (C=O) groups is 2. The monoisotopic (exact) mass is 359 g/mol. The summed E-state index contributed by atoms with van der Waals surface area (Å²) in [7, 11) is 0. The predicted octanol–water partition coefficient (Wildman–Crippen LogP) is 1.29. The smallest absolute Gasteiger partial charge is 0.264 e. The first-order valence-corrected chi connectivity index (χ1v) is 9.08. The average Bonchev–Trinajstić information content (AvgIpc) is 3.32. The SMILES string of the molecule is Cc1ccccc1C1=NO[C@H](C(=O)NCCC(=O)NC[C@@H]2CCCO2)C1. The first-order valence-electron chi connectivity index (χ1n) is 9.08. The highest BCUT2D eigenvalue weighted by Crippen LogP contribution is 2.19. The number of nitrogens with one attached hydrogen (secondary N) is 2. The molecule has 1 aromatic rings. The molecule has 0 bridgehead atoms. The van der Waals surface area contributed by atoms with Gasteiger partial charge >= 0.3 is 0 Å². The molecular formula is C19H25N3O4. The number of aryl methyl sites for hydroxylation is 1. The minimum absolute atomic E-state index is 0.0926. The first kappa shape index (κ1) is 18.4. The molecule has 1 fully saturated rings. The molecule has 2 N–H and O–H groups in total. The molecule has 0 aliphatic carbocycles. The molecule has 1 aromatic carbocycles. The number of carbonyl (C=O) groups excluding carboxylic acids is 2. The van der Waals surface area contributed by atoms with Crippen molar-refractivity contribution in [1.29, 1.82) is 0 Å². The zero-order valence-electron chi connectivity index (χ0n) is 15.0. The molecule has 0 spiro atoms. The Labute approximate surface area is 153 Å². The van der Waals surface area contributed by atoms with Gasteiger partial charge in [-0.2, -0.15) is 0 Å². The van der Waals surface area contributed by atoms with E-state index in [2.05, 4.69) is 15.8 Å². The summed E-state index contributed by atoms with van der Waals surface area (Å²) in [5.74, 6) is -0.339. The number of benzene rings is 1. The molecule has 3 rings (SSSR count). The van der Waals surface area contributed by atoms with Crippen molar-refractivity contribution < 1.29 is 19.2 Å². The van der Waals surface area contributed by atoms with E-state index < -0.39 is 6.10 Å². The summed E-state index contributed by atoms with van der Waals surface area (Å²) < 4.78 is 5.45. The van der Waals surface area contributed by atoms with Crippen molar-refractivity contribution in [3.05, 3.63) is 35.4 Å². The van der Waals surface area contributed by atoms with Crippen LogP contribution in [0.25, 0.3) is 0 Å². The molecule has 26 heavy (non-hydrogen) atoms. The fourth-order valence-corrected chi connectivity index (χ4v) is 3.11.